The molecule has 0 spiro atoms. The minimum absolute atomic E-state index is 0.152. The summed E-state index contributed by atoms with van der Waals surface area (Å²) in [6, 6.07) is 5.38. The number of anilines is 1. The molecule has 13 heavy (non-hydrogen) atoms. The van der Waals surface area contributed by atoms with E-state index in [1.165, 1.54) is 0 Å². The van der Waals surface area contributed by atoms with Crippen molar-refractivity contribution in [2.24, 2.45) is 0 Å². The number of benzene rings is 1. The molecule has 1 aromatic carbocycles. The summed E-state index contributed by atoms with van der Waals surface area (Å²) < 4.78 is 0. The molecule has 0 saturated carbocycles. The maximum atomic E-state index is 11.3. The topological polar surface area (TPSA) is 55.1 Å². The SMILES string of the molecule is C[B]c1ccc(N)c(C(=O)NC)c1. The highest BCUT2D eigenvalue weighted by molar-refractivity contribution is 6.52. The summed E-state index contributed by atoms with van der Waals surface area (Å²) >= 11 is 0. The van der Waals surface area contributed by atoms with Crippen LogP contribution in [0.15, 0.2) is 18.2 Å². The number of nitrogens with one attached hydrogen (secondary N) is 1. The zero-order valence-electron chi connectivity index (χ0n) is 7.79. The lowest BCUT2D eigenvalue weighted by Gasteiger charge is -2.05. The van der Waals surface area contributed by atoms with E-state index in [1.807, 2.05) is 20.2 Å². The molecule has 0 unspecified atom stereocenters. The zero-order chi connectivity index (χ0) is 9.84. The summed E-state index contributed by atoms with van der Waals surface area (Å²) in [5.41, 5.74) is 7.67. The smallest absolute Gasteiger partial charge is 0.253 e. The van der Waals surface area contributed by atoms with Gasteiger partial charge in [-0.2, -0.15) is 0 Å². The summed E-state index contributed by atoms with van der Waals surface area (Å²) in [6.07, 6.45) is 0. The molecule has 0 fully saturated rings. The van der Waals surface area contributed by atoms with Crippen molar-refractivity contribution in [1.82, 2.24) is 5.32 Å². The molecule has 0 atom stereocenters. The fraction of sp³-hybridized carbons (Fsp3) is 0.222. The highest BCUT2D eigenvalue weighted by Gasteiger charge is 2.07. The number of nitrogens with two attached hydrogens (primary N) is 1. The van der Waals surface area contributed by atoms with Crippen molar-refractivity contribution >= 4 is 24.3 Å². The van der Waals surface area contributed by atoms with Gasteiger partial charge in [0, 0.05) is 12.7 Å². The van der Waals surface area contributed by atoms with Crippen molar-refractivity contribution < 1.29 is 4.79 Å². The van der Waals surface area contributed by atoms with E-state index >= 15 is 0 Å². The Kier molecular flexibility index (Phi) is 2.95. The summed E-state index contributed by atoms with van der Waals surface area (Å²) in [5.74, 6) is -0.152. The van der Waals surface area contributed by atoms with Gasteiger partial charge in [0.15, 0.2) is 0 Å². The molecule has 0 aliphatic heterocycles. The predicted molar refractivity (Wildman–Crippen MR) is 55.5 cm³/mol. The van der Waals surface area contributed by atoms with Gasteiger partial charge in [-0.3, -0.25) is 4.79 Å². The molecule has 0 aliphatic carbocycles. The molecule has 67 valence electrons. The molecular weight excluding hydrogens is 163 g/mol. The lowest BCUT2D eigenvalue weighted by Crippen LogP contribution is -2.22. The lowest BCUT2D eigenvalue weighted by atomic mass is 9.73. The molecule has 1 amide bonds. The van der Waals surface area contributed by atoms with Gasteiger partial charge >= 0.3 is 0 Å². The molecule has 0 aromatic heterocycles. The highest BCUT2D eigenvalue weighted by atomic mass is 16.1. The molecular formula is C9H12BN2O. The van der Waals surface area contributed by atoms with Crippen molar-refractivity contribution in [3.63, 3.8) is 0 Å². The van der Waals surface area contributed by atoms with Crippen LogP contribution in [0.5, 0.6) is 0 Å². The molecule has 0 bridgehead atoms. The molecule has 1 aromatic rings. The van der Waals surface area contributed by atoms with Crippen molar-refractivity contribution in [1.29, 1.82) is 0 Å². The minimum Gasteiger partial charge on any atom is -0.398 e. The molecule has 1 rings (SSSR count). The summed E-state index contributed by atoms with van der Waals surface area (Å²) in [7, 11) is 3.51. The van der Waals surface area contributed by atoms with E-state index in [0.717, 1.165) is 5.46 Å². The predicted octanol–water partition coefficient (Wildman–Crippen LogP) is 0.00600. The Morgan fingerprint density at radius 2 is 2.23 bits per heavy atom. The lowest BCUT2D eigenvalue weighted by molar-refractivity contribution is 0.0964. The Hall–Kier alpha value is -1.45. The average molecular weight is 175 g/mol. The van der Waals surface area contributed by atoms with Gasteiger partial charge in [-0.15, -0.1) is 0 Å². The number of hydrogen-bond acceptors (Lipinski definition) is 2. The van der Waals surface area contributed by atoms with Gasteiger partial charge in [-0.05, 0) is 6.07 Å². The second kappa shape index (κ2) is 3.98. The molecule has 1 radical (unpaired) electrons. The third-order valence-electron chi connectivity index (χ3n) is 1.88. The van der Waals surface area contributed by atoms with Crippen molar-refractivity contribution in [2.45, 2.75) is 6.82 Å². The van der Waals surface area contributed by atoms with Gasteiger partial charge in [0.05, 0.1) is 5.56 Å². The Morgan fingerprint density at radius 3 is 2.77 bits per heavy atom. The van der Waals surface area contributed by atoms with Crippen LogP contribution in [0.25, 0.3) is 0 Å². The van der Waals surface area contributed by atoms with E-state index in [-0.39, 0.29) is 5.91 Å². The van der Waals surface area contributed by atoms with Crippen LogP contribution in [0.4, 0.5) is 5.69 Å². The van der Waals surface area contributed by atoms with E-state index in [1.54, 1.807) is 19.2 Å². The Bertz CT molecular complexity index is 325. The number of carbonyl (C=O) groups excluding carboxylic acids is 1. The number of nitrogen functional groups attached to an aromatic ring is 1. The van der Waals surface area contributed by atoms with E-state index in [2.05, 4.69) is 5.32 Å². The quantitative estimate of drug-likeness (QED) is 0.491. The Labute approximate surface area is 78.6 Å². The third-order valence-corrected chi connectivity index (χ3v) is 1.88. The van der Waals surface area contributed by atoms with E-state index in [4.69, 9.17) is 5.73 Å². The third kappa shape index (κ3) is 2.02. The Morgan fingerprint density at radius 1 is 1.54 bits per heavy atom. The van der Waals surface area contributed by atoms with Crippen LogP contribution >= 0.6 is 0 Å². The standard InChI is InChI=1S/C9H12BN2O/c1-10-6-3-4-8(11)7(5-6)9(13)12-2/h3-5H,11H2,1-2H3,(H,12,13). The van der Waals surface area contributed by atoms with E-state index in [0.29, 0.717) is 11.3 Å². The van der Waals surface area contributed by atoms with Gasteiger partial charge in [0.25, 0.3) is 5.91 Å². The maximum absolute atomic E-state index is 11.3. The molecule has 4 heteroatoms. The zero-order valence-corrected chi connectivity index (χ0v) is 7.79. The fourth-order valence-corrected chi connectivity index (χ4v) is 1.08. The van der Waals surface area contributed by atoms with Gasteiger partial charge in [0.1, 0.15) is 7.28 Å². The van der Waals surface area contributed by atoms with Crippen LogP contribution in [0.3, 0.4) is 0 Å². The summed E-state index contributed by atoms with van der Waals surface area (Å²) in [6.45, 7) is 1.92. The maximum Gasteiger partial charge on any atom is 0.253 e. The largest absolute Gasteiger partial charge is 0.398 e. The molecule has 0 saturated heterocycles. The second-order valence-electron chi connectivity index (χ2n) is 2.71. The molecule has 3 N–H and O–H groups in total. The number of hydrogen-bond donors (Lipinski definition) is 2. The average Bonchev–Trinajstić information content (AvgIpc) is 2.17. The van der Waals surface area contributed by atoms with Gasteiger partial charge in [-0.1, -0.05) is 24.4 Å². The monoisotopic (exact) mass is 175 g/mol. The van der Waals surface area contributed by atoms with E-state index in [9.17, 15) is 4.79 Å². The van der Waals surface area contributed by atoms with Crippen molar-refractivity contribution in [2.75, 3.05) is 12.8 Å². The van der Waals surface area contributed by atoms with Crippen molar-refractivity contribution in [3.05, 3.63) is 23.8 Å². The van der Waals surface area contributed by atoms with Crippen LogP contribution in [0.1, 0.15) is 10.4 Å². The van der Waals surface area contributed by atoms with Crippen LogP contribution in [0, 0.1) is 0 Å². The first-order valence-corrected chi connectivity index (χ1v) is 4.10. The first-order valence-electron chi connectivity index (χ1n) is 4.10. The summed E-state index contributed by atoms with van der Waals surface area (Å²) in [4.78, 5) is 11.3. The first kappa shape index (κ1) is 9.64. The first-order chi connectivity index (χ1) is 6.19. The second-order valence-corrected chi connectivity index (χ2v) is 2.71. The van der Waals surface area contributed by atoms with Gasteiger partial charge in [0.2, 0.25) is 0 Å². The summed E-state index contributed by atoms with van der Waals surface area (Å²) in [5, 5.41) is 2.54. The molecule has 0 heterocycles. The van der Waals surface area contributed by atoms with Crippen LogP contribution < -0.4 is 16.5 Å². The Balaban J connectivity index is 3.11. The van der Waals surface area contributed by atoms with Gasteiger partial charge in [-0.25, -0.2) is 0 Å². The van der Waals surface area contributed by atoms with Crippen molar-refractivity contribution in [3.8, 4) is 0 Å². The normalized spacial score (nSPS) is 9.38. The number of amides is 1. The fourth-order valence-electron chi connectivity index (χ4n) is 1.08. The number of carbonyl (C=O) groups is 1. The number of rotatable bonds is 2. The molecule has 0 aliphatic rings. The van der Waals surface area contributed by atoms with Gasteiger partial charge < -0.3 is 11.1 Å². The minimum atomic E-state index is -0.152. The van der Waals surface area contributed by atoms with Crippen LogP contribution in [-0.4, -0.2) is 20.2 Å². The van der Waals surface area contributed by atoms with Crippen LogP contribution in [-0.2, 0) is 0 Å². The highest BCUT2D eigenvalue weighted by Crippen LogP contribution is 2.08. The molecule has 3 nitrogen and oxygen atoms in total. The van der Waals surface area contributed by atoms with E-state index < -0.39 is 0 Å². The van der Waals surface area contributed by atoms with Crippen LogP contribution in [0.2, 0.25) is 6.82 Å².